The van der Waals surface area contributed by atoms with Crippen LogP contribution in [0, 0.1) is 6.92 Å². The molecule has 152 valence electrons. The third kappa shape index (κ3) is 5.35. The normalized spacial score (nSPS) is 11.1. The standard InChI is InChI=1S/C20H21N3O5S/c1-3-27-17-7-9-19(10-8-17)29(25,26)23-16-6-4-5-15(12-16)20(24)21-13-18-11-14(2)22-28-18/h4-12,23H,3,13H2,1-2H3,(H,21,24). The molecule has 0 saturated carbocycles. The number of carbonyl (C=O) groups excluding carboxylic acids is 1. The first-order valence-electron chi connectivity index (χ1n) is 8.93. The molecule has 0 aliphatic carbocycles. The minimum Gasteiger partial charge on any atom is -0.494 e. The van der Waals surface area contributed by atoms with Crippen LogP contribution in [0.15, 0.2) is 64.0 Å². The van der Waals surface area contributed by atoms with Gasteiger partial charge in [-0.2, -0.15) is 0 Å². The van der Waals surface area contributed by atoms with Crippen molar-refractivity contribution in [2.45, 2.75) is 25.3 Å². The zero-order valence-corrected chi connectivity index (χ0v) is 16.8. The van der Waals surface area contributed by atoms with Crippen LogP contribution in [0.5, 0.6) is 5.75 Å². The van der Waals surface area contributed by atoms with Gasteiger partial charge in [-0.05, 0) is 56.3 Å². The summed E-state index contributed by atoms with van der Waals surface area (Å²) in [4.78, 5) is 12.4. The highest BCUT2D eigenvalue weighted by molar-refractivity contribution is 7.92. The van der Waals surface area contributed by atoms with Crippen molar-refractivity contribution in [2.75, 3.05) is 11.3 Å². The van der Waals surface area contributed by atoms with Gasteiger partial charge in [0.15, 0.2) is 5.76 Å². The molecule has 2 aromatic carbocycles. The van der Waals surface area contributed by atoms with Gasteiger partial charge in [0, 0.05) is 17.3 Å². The second-order valence-corrected chi connectivity index (χ2v) is 7.89. The molecule has 8 nitrogen and oxygen atoms in total. The Morgan fingerprint density at radius 1 is 1.14 bits per heavy atom. The number of anilines is 1. The van der Waals surface area contributed by atoms with E-state index in [2.05, 4.69) is 15.2 Å². The van der Waals surface area contributed by atoms with Crippen LogP contribution in [0.4, 0.5) is 5.69 Å². The van der Waals surface area contributed by atoms with Gasteiger partial charge in [0.05, 0.1) is 23.7 Å². The van der Waals surface area contributed by atoms with Crippen molar-refractivity contribution in [3.63, 3.8) is 0 Å². The highest BCUT2D eigenvalue weighted by Crippen LogP contribution is 2.20. The molecule has 3 rings (SSSR count). The van der Waals surface area contributed by atoms with Crippen molar-refractivity contribution in [3.8, 4) is 5.75 Å². The predicted molar refractivity (Wildman–Crippen MR) is 107 cm³/mol. The van der Waals surface area contributed by atoms with Gasteiger partial charge in [-0.1, -0.05) is 11.2 Å². The van der Waals surface area contributed by atoms with Crippen LogP contribution in [0.1, 0.15) is 28.7 Å². The number of rotatable bonds is 8. The maximum atomic E-state index is 12.6. The zero-order chi connectivity index (χ0) is 20.9. The van der Waals surface area contributed by atoms with Gasteiger partial charge in [-0.3, -0.25) is 9.52 Å². The van der Waals surface area contributed by atoms with Crippen LogP contribution in [0.2, 0.25) is 0 Å². The number of aromatic nitrogens is 1. The van der Waals surface area contributed by atoms with Crippen LogP contribution in [0.3, 0.4) is 0 Å². The third-order valence-electron chi connectivity index (χ3n) is 3.92. The van der Waals surface area contributed by atoms with Gasteiger partial charge >= 0.3 is 0 Å². The van der Waals surface area contributed by atoms with E-state index in [1.807, 2.05) is 6.92 Å². The summed E-state index contributed by atoms with van der Waals surface area (Å²) in [7, 11) is -3.80. The van der Waals surface area contributed by atoms with E-state index in [0.717, 1.165) is 5.69 Å². The largest absolute Gasteiger partial charge is 0.494 e. The van der Waals surface area contributed by atoms with Crippen molar-refractivity contribution in [3.05, 3.63) is 71.6 Å². The summed E-state index contributed by atoms with van der Waals surface area (Å²) in [6, 6.07) is 14.1. The lowest BCUT2D eigenvalue weighted by atomic mass is 10.2. The fourth-order valence-corrected chi connectivity index (χ4v) is 3.64. The molecule has 0 atom stereocenters. The first-order valence-corrected chi connectivity index (χ1v) is 10.4. The lowest BCUT2D eigenvalue weighted by Gasteiger charge is -2.10. The fraction of sp³-hybridized carbons (Fsp3) is 0.200. The second-order valence-electron chi connectivity index (χ2n) is 6.21. The molecule has 9 heteroatoms. The van der Waals surface area contributed by atoms with Gasteiger partial charge < -0.3 is 14.6 Å². The summed E-state index contributed by atoms with van der Waals surface area (Å²) < 4.78 is 38.0. The maximum absolute atomic E-state index is 12.6. The number of nitrogens with one attached hydrogen (secondary N) is 2. The van der Waals surface area contributed by atoms with Crippen LogP contribution >= 0.6 is 0 Å². The topological polar surface area (TPSA) is 111 Å². The molecule has 0 aliphatic rings. The van der Waals surface area contributed by atoms with Gasteiger partial charge in [0.1, 0.15) is 5.75 Å². The average Bonchev–Trinajstić information content (AvgIpc) is 3.12. The van der Waals surface area contributed by atoms with Crippen molar-refractivity contribution < 1.29 is 22.5 Å². The first kappa shape index (κ1) is 20.4. The summed E-state index contributed by atoms with van der Waals surface area (Å²) in [5.41, 5.74) is 1.31. The number of ether oxygens (including phenoxy) is 1. The molecule has 2 N–H and O–H groups in total. The fourth-order valence-electron chi connectivity index (χ4n) is 2.59. The molecular formula is C20H21N3O5S. The van der Waals surface area contributed by atoms with Crippen molar-refractivity contribution >= 4 is 21.6 Å². The summed E-state index contributed by atoms with van der Waals surface area (Å²) in [6.07, 6.45) is 0. The Hall–Kier alpha value is -3.33. The average molecular weight is 415 g/mol. The van der Waals surface area contributed by atoms with E-state index in [1.165, 1.54) is 18.2 Å². The zero-order valence-electron chi connectivity index (χ0n) is 16.0. The lowest BCUT2D eigenvalue weighted by Crippen LogP contribution is -2.22. The molecule has 3 aromatic rings. The molecule has 0 spiro atoms. The maximum Gasteiger partial charge on any atom is 0.261 e. The monoisotopic (exact) mass is 415 g/mol. The first-order chi connectivity index (χ1) is 13.9. The van der Waals surface area contributed by atoms with Crippen LogP contribution in [0.25, 0.3) is 0 Å². The summed E-state index contributed by atoms with van der Waals surface area (Å²) in [6.45, 7) is 4.31. The van der Waals surface area contributed by atoms with Gasteiger partial charge in [0.2, 0.25) is 0 Å². The van der Waals surface area contributed by atoms with Crippen LogP contribution in [-0.4, -0.2) is 26.1 Å². The van der Waals surface area contributed by atoms with Gasteiger partial charge in [0.25, 0.3) is 15.9 Å². The quantitative estimate of drug-likeness (QED) is 0.585. The predicted octanol–water partition coefficient (Wildman–Crippen LogP) is 3.11. The number of hydrogen-bond acceptors (Lipinski definition) is 6. The van der Waals surface area contributed by atoms with E-state index in [4.69, 9.17) is 9.26 Å². The molecule has 0 saturated heterocycles. The Bertz CT molecular complexity index is 1090. The second kappa shape index (κ2) is 8.78. The minimum atomic E-state index is -3.80. The van der Waals surface area contributed by atoms with E-state index < -0.39 is 10.0 Å². The third-order valence-corrected chi connectivity index (χ3v) is 5.32. The molecule has 0 aliphatic heterocycles. The van der Waals surface area contributed by atoms with Crippen molar-refractivity contribution in [1.82, 2.24) is 10.5 Å². The number of carbonyl (C=O) groups is 1. The van der Waals surface area contributed by atoms with E-state index in [0.29, 0.717) is 23.7 Å². The van der Waals surface area contributed by atoms with Crippen molar-refractivity contribution in [2.24, 2.45) is 0 Å². The van der Waals surface area contributed by atoms with Crippen LogP contribution < -0.4 is 14.8 Å². The Labute approximate surface area is 168 Å². The highest BCUT2D eigenvalue weighted by atomic mass is 32.2. The van der Waals surface area contributed by atoms with E-state index >= 15 is 0 Å². The summed E-state index contributed by atoms with van der Waals surface area (Å²) in [5, 5.41) is 6.46. The molecule has 1 aromatic heterocycles. The smallest absolute Gasteiger partial charge is 0.261 e. The van der Waals surface area contributed by atoms with E-state index in [9.17, 15) is 13.2 Å². The molecular weight excluding hydrogens is 394 g/mol. The Balaban J connectivity index is 1.68. The highest BCUT2D eigenvalue weighted by Gasteiger charge is 2.15. The number of sulfonamides is 1. The molecule has 29 heavy (non-hydrogen) atoms. The Morgan fingerprint density at radius 2 is 1.90 bits per heavy atom. The molecule has 0 unspecified atom stereocenters. The van der Waals surface area contributed by atoms with E-state index in [-0.39, 0.29) is 23.0 Å². The number of hydrogen-bond donors (Lipinski definition) is 2. The summed E-state index contributed by atoms with van der Waals surface area (Å²) >= 11 is 0. The minimum absolute atomic E-state index is 0.0940. The summed E-state index contributed by atoms with van der Waals surface area (Å²) in [5.74, 6) is 0.761. The number of amides is 1. The number of benzene rings is 2. The molecule has 0 radical (unpaired) electrons. The Kier molecular flexibility index (Phi) is 6.18. The number of nitrogens with zero attached hydrogens (tertiary/aromatic N) is 1. The van der Waals surface area contributed by atoms with Gasteiger partial charge in [-0.25, -0.2) is 8.42 Å². The lowest BCUT2D eigenvalue weighted by molar-refractivity contribution is 0.0947. The van der Waals surface area contributed by atoms with Crippen molar-refractivity contribution in [1.29, 1.82) is 0 Å². The molecule has 1 heterocycles. The molecule has 0 fully saturated rings. The SMILES string of the molecule is CCOc1ccc(S(=O)(=O)Nc2cccc(C(=O)NCc3cc(C)no3)c2)cc1. The van der Waals surface area contributed by atoms with Gasteiger partial charge in [-0.15, -0.1) is 0 Å². The number of aryl methyl sites for hydroxylation is 1. The van der Waals surface area contributed by atoms with Crippen LogP contribution in [-0.2, 0) is 16.6 Å². The molecule has 1 amide bonds. The molecule has 0 bridgehead atoms. The Morgan fingerprint density at radius 3 is 2.55 bits per heavy atom. The van der Waals surface area contributed by atoms with E-state index in [1.54, 1.807) is 43.3 Å².